The Morgan fingerprint density at radius 1 is 0.115 bits per heavy atom. The summed E-state index contributed by atoms with van der Waals surface area (Å²) in [5.74, 6) is -3.60. The number of hydrogen-bond acceptors (Lipinski definition) is 8. The van der Waals surface area contributed by atoms with E-state index >= 15 is 0 Å². The van der Waals surface area contributed by atoms with E-state index in [1.54, 1.807) is 0 Å². The molecule has 0 spiro atoms. The van der Waals surface area contributed by atoms with Gasteiger partial charge in [0.15, 0.2) is 0 Å². The molecule has 8 nitrogen and oxygen atoms in total. The van der Waals surface area contributed by atoms with E-state index in [-0.39, 0.29) is 94.4 Å². The van der Waals surface area contributed by atoms with Gasteiger partial charge in [0.25, 0.3) is 0 Å². The Labute approximate surface area is 820 Å². The minimum Gasteiger partial charge on any atom is -0.550 e. The second-order valence-electron chi connectivity index (χ2n) is 38.4. The fraction of sp³-hybridized carbons (Fsp3) is 0.964. The minimum atomic E-state index is -0.899. The molecule has 0 aromatic rings. The van der Waals surface area contributed by atoms with E-state index < -0.39 is 23.9 Å². The smallest absolute Gasteiger partial charge is 0.550 e. The summed E-state index contributed by atoms with van der Waals surface area (Å²) < 4.78 is 0. The summed E-state index contributed by atoms with van der Waals surface area (Å²) in [6.45, 7) is 9.17. The predicted molar refractivity (Wildman–Crippen MR) is 529 cm³/mol. The normalized spacial score (nSPS) is 11.0. The van der Waals surface area contributed by atoms with Crippen LogP contribution in [0.3, 0.4) is 0 Å². The van der Waals surface area contributed by atoms with Crippen LogP contribution >= 0.6 is 0 Å². The Morgan fingerprint density at radius 2 is 0.164 bits per heavy atom. The zero-order valence-corrected chi connectivity index (χ0v) is 88.7. The molecule has 0 heterocycles. The van der Waals surface area contributed by atoms with Gasteiger partial charge in [0.05, 0.1) is 0 Å². The van der Waals surface area contributed by atoms with Gasteiger partial charge < -0.3 is 39.6 Å². The van der Waals surface area contributed by atoms with E-state index in [9.17, 15) is 39.6 Å². The van der Waals surface area contributed by atoms with Crippen LogP contribution in [0.25, 0.3) is 0 Å². The van der Waals surface area contributed by atoms with Crippen LogP contribution in [0.5, 0.6) is 0 Å². The summed E-state index contributed by atoms with van der Waals surface area (Å²) >= 11 is 0. The average Bonchev–Trinajstić information content (AvgIpc) is 1.17. The molecule has 10 heteroatoms. The number of rotatable bonds is 104. The molecule has 720 valence electrons. The number of carboxylic acid groups (broad SMARTS) is 4. The van der Waals surface area contributed by atoms with Crippen LogP contribution in [0.4, 0.5) is 0 Å². The second-order valence-corrected chi connectivity index (χ2v) is 38.4. The van der Waals surface area contributed by atoms with Gasteiger partial charge in [-0.15, -0.1) is 0 Å². The third kappa shape index (κ3) is 146. The predicted octanol–water partition coefficient (Wildman–Crippen LogP) is 32.2. The maximum absolute atomic E-state index is 10.3. The minimum absolute atomic E-state index is 0. The average molecular weight is 1760 g/mol. The maximum Gasteiger partial charge on any atom is 3.00 e. The monoisotopic (exact) mass is 1760 g/mol. The maximum atomic E-state index is 10.3. The molecule has 0 amide bonds. The summed E-state index contributed by atoms with van der Waals surface area (Å²) in [5, 5.41) is 41.3. The molecular formula is C112H220AlKO8. The molecule has 0 saturated carbocycles. The molecule has 0 aliphatic rings. The summed E-state index contributed by atoms with van der Waals surface area (Å²) in [5.41, 5.74) is 0. The molecule has 0 bridgehead atoms. The number of carboxylic acids is 4. The van der Waals surface area contributed by atoms with Crippen molar-refractivity contribution in [3.8, 4) is 0 Å². The molecule has 0 aliphatic carbocycles. The first-order valence-corrected chi connectivity index (χ1v) is 55.9. The molecule has 0 saturated heterocycles. The van der Waals surface area contributed by atoms with Gasteiger partial charge in [0.2, 0.25) is 0 Å². The molecular weight excluding hydrogens is 1540 g/mol. The molecule has 0 rings (SSSR count). The summed E-state index contributed by atoms with van der Waals surface area (Å²) in [6.07, 6.45) is 139. The first kappa shape index (κ1) is 133. The number of aliphatic carboxylic acids is 4. The van der Waals surface area contributed by atoms with Crippen molar-refractivity contribution in [1.29, 1.82) is 0 Å². The van der Waals surface area contributed by atoms with Crippen LogP contribution in [-0.4, -0.2) is 41.2 Å². The Hall–Kier alpha value is 0.0488. The van der Waals surface area contributed by atoms with Crippen LogP contribution in [0.2, 0.25) is 0 Å². The molecule has 0 radical (unpaired) electrons. The zero-order chi connectivity index (χ0) is 87.8. The van der Waals surface area contributed by atoms with Crippen LogP contribution in [0.15, 0.2) is 0 Å². The van der Waals surface area contributed by atoms with E-state index in [0.29, 0.717) is 0 Å². The Balaban J connectivity index is -0.000000366. The molecule has 0 aromatic carbocycles. The first-order chi connectivity index (χ1) is 59.1. The van der Waals surface area contributed by atoms with Crippen LogP contribution in [0.1, 0.15) is 695 Å². The standard InChI is InChI=1S/4C28H56O2.Al.K/c4*1-2-3-4-5-6-7-8-9-10-11-12-13-14-15-16-17-18-19-20-21-22-23-24-25-26-27-28(29)30;;/h4*2-27H2,1H3,(H,29,30);;/q;;;;+3;+1/p-4. The number of carbonyl (C=O) groups is 4. The van der Waals surface area contributed by atoms with Crippen LogP contribution in [0, 0.1) is 0 Å². The molecule has 0 aromatic heterocycles. The molecule has 0 atom stereocenters. The van der Waals surface area contributed by atoms with Gasteiger partial charge in [-0.1, -0.05) is 644 Å². The Bertz CT molecular complexity index is 1580. The van der Waals surface area contributed by atoms with Crippen molar-refractivity contribution in [3.05, 3.63) is 0 Å². The van der Waals surface area contributed by atoms with E-state index in [4.69, 9.17) is 0 Å². The van der Waals surface area contributed by atoms with Gasteiger partial charge in [0.1, 0.15) is 0 Å². The summed E-state index contributed by atoms with van der Waals surface area (Å²) in [4.78, 5) is 41.3. The van der Waals surface area contributed by atoms with Crippen LogP contribution in [-0.2, 0) is 19.2 Å². The van der Waals surface area contributed by atoms with Crippen molar-refractivity contribution in [2.24, 2.45) is 0 Å². The van der Waals surface area contributed by atoms with E-state index in [1.807, 2.05) is 0 Å². The van der Waals surface area contributed by atoms with Crippen molar-refractivity contribution >= 4 is 41.2 Å². The summed E-state index contributed by atoms with van der Waals surface area (Å²) in [7, 11) is 0. The first-order valence-electron chi connectivity index (χ1n) is 55.9. The fourth-order valence-electron chi connectivity index (χ4n) is 17.6. The van der Waals surface area contributed by atoms with Crippen LogP contribution < -0.4 is 71.8 Å². The SMILES string of the molecule is CCCCCCCCCCCCCCCCCCCCCCCCCCCC(=O)[O-].CCCCCCCCCCCCCCCCCCCCCCCCCCCC(=O)[O-].CCCCCCCCCCCCCCCCCCCCCCCCCCCC(=O)[O-].CCCCCCCCCCCCCCCCCCCCCCCCCCCC(=O)[O-].[Al+3].[K+]. The molecule has 0 unspecified atom stereocenters. The van der Waals surface area contributed by atoms with Gasteiger partial charge in [-0.25, -0.2) is 0 Å². The van der Waals surface area contributed by atoms with Crippen molar-refractivity contribution in [2.45, 2.75) is 695 Å². The van der Waals surface area contributed by atoms with E-state index in [2.05, 4.69) is 27.7 Å². The molecule has 0 fully saturated rings. The molecule has 122 heavy (non-hydrogen) atoms. The van der Waals surface area contributed by atoms with Gasteiger partial charge in [0, 0.05) is 23.9 Å². The number of hydrogen-bond donors (Lipinski definition) is 0. The van der Waals surface area contributed by atoms with Gasteiger partial charge in [-0.3, -0.25) is 0 Å². The van der Waals surface area contributed by atoms with Gasteiger partial charge in [-0.05, 0) is 51.4 Å². The summed E-state index contributed by atoms with van der Waals surface area (Å²) in [6, 6.07) is 0. The Kier molecular flexibility index (Phi) is 141. The molecule has 0 N–H and O–H groups in total. The van der Waals surface area contributed by atoms with Crippen molar-refractivity contribution < 1.29 is 91.0 Å². The fourth-order valence-corrected chi connectivity index (χ4v) is 17.6. The number of carbonyl (C=O) groups excluding carboxylic acids is 4. The van der Waals surface area contributed by atoms with E-state index in [0.717, 1.165) is 51.4 Å². The number of unbranched alkanes of at least 4 members (excludes halogenated alkanes) is 96. The third-order valence-corrected chi connectivity index (χ3v) is 25.9. The largest absolute Gasteiger partial charge is 3.00 e. The van der Waals surface area contributed by atoms with Gasteiger partial charge in [-0.2, -0.15) is 0 Å². The Morgan fingerprint density at radius 3 is 0.213 bits per heavy atom. The second kappa shape index (κ2) is 130. The molecule has 0 aliphatic heterocycles. The van der Waals surface area contributed by atoms with Crippen molar-refractivity contribution in [2.75, 3.05) is 0 Å². The third-order valence-electron chi connectivity index (χ3n) is 25.9. The zero-order valence-electron chi connectivity index (χ0n) is 84.4. The van der Waals surface area contributed by atoms with Gasteiger partial charge >= 0.3 is 68.7 Å². The topological polar surface area (TPSA) is 161 Å². The van der Waals surface area contributed by atoms with E-state index in [1.165, 1.54) is 591 Å². The quantitative estimate of drug-likeness (QED) is 0.0430. The van der Waals surface area contributed by atoms with Crippen molar-refractivity contribution in [3.63, 3.8) is 0 Å². The van der Waals surface area contributed by atoms with Crippen molar-refractivity contribution in [1.82, 2.24) is 0 Å².